The Morgan fingerprint density at radius 1 is 1.33 bits per heavy atom. The van der Waals surface area contributed by atoms with Crippen LogP contribution in [-0.4, -0.2) is 31.2 Å². The molecule has 1 aromatic carbocycles. The van der Waals surface area contributed by atoms with Gasteiger partial charge in [-0.1, -0.05) is 0 Å². The number of methoxy groups -OCH3 is 1. The molecule has 0 saturated carbocycles. The molecule has 6 heteroatoms. The first-order chi connectivity index (χ1) is 11.2. The van der Waals surface area contributed by atoms with Gasteiger partial charge in [0.25, 0.3) is 0 Å². The van der Waals surface area contributed by atoms with E-state index in [0.29, 0.717) is 18.0 Å². The van der Waals surface area contributed by atoms with Crippen LogP contribution in [0, 0.1) is 5.92 Å². The molecule has 0 saturated heterocycles. The second kappa shape index (κ2) is 7.21. The Labute approximate surface area is 142 Å². The lowest BCUT2D eigenvalue weighted by atomic mass is 9.90. The molecule has 1 N–H and O–H groups in total. The minimum absolute atomic E-state index is 0.147. The predicted molar refractivity (Wildman–Crippen MR) is 89.9 cm³/mol. The zero-order chi connectivity index (χ0) is 17.9. The van der Waals surface area contributed by atoms with Crippen LogP contribution in [0.2, 0.25) is 0 Å². The Kier molecular flexibility index (Phi) is 5.49. The smallest absolute Gasteiger partial charge is 0.306 e. The highest BCUT2D eigenvalue weighted by Crippen LogP contribution is 2.40. The summed E-state index contributed by atoms with van der Waals surface area (Å²) in [6.07, 6.45) is -0.0884. The summed E-state index contributed by atoms with van der Waals surface area (Å²) in [6.45, 7) is 7.35. The lowest BCUT2D eigenvalue weighted by Crippen LogP contribution is -2.32. The van der Waals surface area contributed by atoms with Crippen molar-refractivity contribution in [2.75, 3.05) is 19.0 Å². The van der Waals surface area contributed by atoms with Gasteiger partial charge in [-0.2, -0.15) is 0 Å². The number of hydrogen-bond donors (Lipinski definition) is 1. The summed E-state index contributed by atoms with van der Waals surface area (Å²) < 4.78 is 16.8. The van der Waals surface area contributed by atoms with E-state index in [9.17, 15) is 9.59 Å². The number of benzene rings is 1. The molecule has 1 aromatic rings. The molecule has 1 amide bonds. The molecule has 0 spiro atoms. The summed E-state index contributed by atoms with van der Waals surface area (Å²) in [5, 5.41) is 2.74. The molecule has 0 aliphatic carbocycles. The second-order valence-electron chi connectivity index (χ2n) is 6.95. The van der Waals surface area contributed by atoms with Gasteiger partial charge in [-0.05, 0) is 39.0 Å². The van der Waals surface area contributed by atoms with Gasteiger partial charge >= 0.3 is 5.97 Å². The number of esters is 1. The van der Waals surface area contributed by atoms with Crippen LogP contribution in [0.25, 0.3) is 0 Å². The molecule has 0 aromatic heterocycles. The van der Waals surface area contributed by atoms with E-state index in [2.05, 4.69) is 5.32 Å². The number of hydrogen-bond acceptors (Lipinski definition) is 5. The number of anilines is 1. The first kappa shape index (κ1) is 18.3. The topological polar surface area (TPSA) is 73.9 Å². The average molecular weight is 335 g/mol. The molecular weight excluding hydrogens is 310 g/mol. The highest BCUT2D eigenvalue weighted by Gasteiger charge is 2.34. The molecule has 0 fully saturated rings. The maximum atomic E-state index is 12.1. The summed E-state index contributed by atoms with van der Waals surface area (Å²) in [5.74, 6) is 0.131. The fourth-order valence-electron chi connectivity index (χ4n) is 2.80. The number of carbonyl (C=O) groups excluding carboxylic acids is 2. The molecule has 132 valence electrons. The van der Waals surface area contributed by atoms with E-state index in [4.69, 9.17) is 14.2 Å². The summed E-state index contributed by atoms with van der Waals surface area (Å²) in [7, 11) is 1.60. The van der Waals surface area contributed by atoms with Gasteiger partial charge in [0.2, 0.25) is 5.91 Å². The van der Waals surface area contributed by atoms with Crippen LogP contribution in [0.4, 0.5) is 5.69 Å². The maximum absolute atomic E-state index is 12.1. The number of nitrogens with one attached hydrogen (secondary N) is 1. The zero-order valence-electron chi connectivity index (χ0n) is 14.8. The lowest BCUT2D eigenvalue weighted by Gasteiger charge is -2.33. The predicted octanol–water partition coefficient (Wildman–Crippen LogP) is 3.07. The molecule has 24 heavy (non-hydrogen) atoms. The maximum Gasteiger partial charge on any atom is 0.306 e. The van der Waals surface area contributed by atoms with Gasteiger partial charge in [-0.25, -0.2) is 0 Å². The molecule has 2 atom stereocenters. The Bertz CT molecular complexity index is 620. The fourth-order valence-corrected chi connectivity index (χ4v) is 2.80. The van der Waals surface area contributed by atoms with Gasteiger partial charge < -0.3 is 19.5 Å². The van der Waals surface area contributed by atoms with Crippen LogP contribution in [0.15, 0.2) is 18.2 Å². The minimum Gasteiger partial charge on any atom is -0.493 e. The van der Waals surface area contributed by atoms with Crippen molar-refractivity contribution in [3.63, 3.8) is 0 Å². The first-order valence-corrected chi connectivity index (χ1v) is 7.98. The van der Waals surface area contributed by atoms with E-state index in [1.54, 1.807) is 19.2 Å². The van der Waals surface area contributed by atoms with Crippen LogP contribution in [0.3, 0.4) is 0 Å². The number of fused-ring (bicyclic) bond motifs is 1. The molecule has 2 unspecified atom stereocenters. The van der Waals surface area contributed by atoms with Crippen LogP contribution >= 0.6 is 0 Å². The van der Waals surface area contributed by atoms with Crippen molar-refractivity contribution in [2.24, 2.45) is 5.92 Å². The molecular formula is C18H25NO5. The molecule has 1 aliphatic rings. The number of ether oxygens (including phenoxy) is 3. The van der Waals surface area contributed by atoms with Crippen LogP contribution in [-0.2, 0) is 19.1 Å². The Hall–Kier alpha value is -2.08. The average Bonchev–Trinajstić information content (AvgIpc) is 2.44. The van der Waals surface area contributed by atoms with Crippen molar-refractivity contribution >= 4 is 17.6 Å². The first-order valence-electron chi connectivity index (χ1n) is 7.98. The van der Waals surface area contributed by atoms with Crippen LogP contribution < -0.4 is 10.1 Å². The van der Waals surface area contributed by atoms with Gasteiger partial charge in [0.05, 0.1) is 19.1 Å². The molecule has 2 rings (SSSR count). The number of rotatable bonds is 4. The van der Waals surface area contributed by atoms with Gasteiger partial charge in [0.15, 0.2) is 0 Å². The molecule has 6 nitrogen and oxygen atoms in total. The van der Waals surface area contributed by atoms with Crippen molar-refractivity contribution in [3.8, 4) is 5.75 Å². The molecule has 1 heterocycles. The normalized spacial score (nSPS) is 19.9. The van der Waals surface area contributed by atoms with E-state index in [1.807, 2.05) is 26.8 Å². The van der Waals surface area contributed by atoms with Gasteiger partial charge in [-0.15, -0.1) is 0 Å². The van der Waals surface area contributed by atoms with Crippen molar-refractivity contribution in [1.82, 2.24) is 0 Å². The lowest BCUT2D eigenvalue weighted by molar-refractivity contribution is -0.158. The Morgan fingerprint density at radius 2 is 2.04 bits per heavy atom. The van der Waals surface area contributed by atoms with E-state index >= 15 is 0 Å². The summed E-state index contributed by atoms with van der Waals surface area (Å²) in [5.41, 5.74) is 0.972. The SMILES string of the molecule is COC1c2cc(NC(C)=O)ccc2OCC1CC(=O)OC(C)(C)C. The van der Waals surface area contributed by atoms with Crippen LogP contribution in [0.5, 0.6) is 5.75 Å². The number of amides is 1. The third kappa shape index (κ3) is 4.71. The standard InChI is InChI=1S/C18H25NO5/c1-11(20)19-13-6-7-15-14(9-13)17(22-5)12(10-23-15)8-16(21)24-18(2,3)4/h6-7,9,12,17H,8,10H2,1-5H3,(H,19,20). The quantitative estimate of drug-likeness (QED) is 0.856. The van der Waals surface area contributed by atoms with E-state index in [1.165, 1.54) is 6.92 Å². The third-order valence-corrected chi connectivity index (χ3v) is 3.62. The zero-order valence-corrected chi connectivity index (χ0v) is 14.8. The molecule has 1 aliphatic heterocycles. The van der Waals surface area contributed by atoms with E-state index in [0.717, 1.165) is 5.56 Å². The van der Waals surface area contributed by atoms with Gasteiger partial charge in [0.1, 0.15) is 11.4 Å². The van der Waals surface area contributed by atoms with Gasteiger partial charge in [0, 0.05) is 31.2 Å². The van der Waals surface area contributed by atoms with E-state index < -0.39 is 5.60 Å². The monoisotopic (exact) mass is 335 g/mol. The summed E-state index contributed by atoms with van der Waals surface area (Å²) >= 11 is 0. The third-order valence-electron chi connectivity index (χ3n) is 3.62. The Morgan fingerprint density at radius 3 is 2.62 bits per heavy atom. The highest BCUT2D eigenvalue weighted by atomic mass is 16.6. The van der Waals surface area contributed by atoms with Gasteiger partial charge in [-0.3, -0.25) is 9.59 Å². The molecule has 0 radical (unpaired) electrons. The van der Waals surface area contributed by atoms with Crippen molar-refractivity contribution in [3.05, 3.63) is 23.8 Å². The van der Waals surface area contributed by atoms with Crippen molar-refractivity contribution in [1.29, 1.82) is 0 Å². The van der Waals surface area contributed by atoms with Crippen molar-refractivity contribution < 1.29 is 23.8 Å². The van der Waals surface area contributed by atoms with Crippen LogP contribution in [0.1, 0.15) is 45.8 Å². The highest BCUT2D eigenvalue weighted by molar-refractivity contribution is 5.88. The van der Waals surface area contributed by atoms with Crippen molar-refractivity contribution in [2.45, 2.75) is 45.8 Å². The fraction of sp³-hybridized carbons (Fsp3) is 0.556. The number of carbonyl (C=O) groups is 2. The minimum atomic E-state index is -0.522. The largest absolute Gasteiger partial charge is 0.493 e. The summed E-state index contributed by atoms with van der Waals surface area (Å²) in [4.78, 5) is 23.4. The molecule has 0 bridgehead atoms. The van der Waals surface area contributed by atoms with E-state index in [-0.39, 0.29) is 30.3 Å². The Balaban J connectivity index is 2.18. The second-order valence-corrected chi connectivity index (χ2v) is 6.95. The summed E-state index contributed by atoms with van der Waals surface area (Å²) in [6, 6.07) is 5.41.